The summed E-state index contributed by atoms with van der Waals surface area (Å²) >= 11 is 3.35. The second kappa shape index (κ2) is 9.69. The Kier molecular flexibility index (Phi) is 6.44. The van der Waals surface area contributed by atoms with Gasteiger partial charge >= 0.3 is 23.8 Å². The Labute approximate surface area is 213 Å². The number of para-hydroxylation sites is 1. The van der Waals surface area contributed by atoms with Crippen LogP contribution in [0.2, 0.25) is 0 Å². The first kappa shape index (κ1) is 23.9. The number of hydrogen-bond donors (Lipinski definition) is 4. The number of piperidine rings is 1. The molecule has 2 aliphatic rings. The highest BCUT2D eigenvalue weighted by Crippen LogP contribution is 2.28. The van der Waals surface area contributed by atoms with Crippen LogP contribution in [0.1, 0.15) is 24.0 Å². The topological polar surface area (TPSA) is 148 Å². The molecule has 0 radical (unpaired) electrons. The third kappa shape index (κ3) is 4.81. The molecule has 0 bridgehead atoms. The minimum Gasteiger partial charge on any atom is -0.480 e. The molecule has 4 N–H and O–H groups in total. The van der Waals surface area contributed by atoms with Crippen molar-refractivity contribution in [2.24, 2.45) is 0 Å². The molecule has 4 amide bonds. The van der Waals surface area contributed by atoms with E-state index >= 15 is 0 Å². The summed E-state index contributed by atoms with van der Waals surface area (Å²) in [7, 11) is 0. The van der Waals surface area contributed by atoms with Crippen LogP contribution in [0.3, 0.4) is 0 Å². The van der Waals surface area contributed by atoms with Gasteiger partial charge in [-0.15, -0.1) is 0 Å². The number of nitrogens with zero attached hydrogens (tertiary/aromatic N) is 2. The number of aromatic amines is 1. The van der Waals surface area contributed by atoms with E-state index in [2.05, 4.69) is 31.5 Å². The van der Waals surface area contributed by atoms with Crippen LogP contribution in [-0.4, -0.2) is 63.1 Å². The number of carbonyl (C=O) groups is 3. The van der Waals surface area contributed by atoms with Crippen LogP contribution in [0.5, 0.6) is 0 Å². The molecular weight excluding hydrogens is 534 g/mol. The number of urea groups is 2. The van der Waals surface area contributed by atoms with Gasteiger partial charge in [-0.2, -0.15) is 0 Å². The number of carboxylic acid groups (broad SMARTS) is 1. The fourth-order valence-electron chi connectivity index (χ4n) is 4.76. The van der Waals surface area contributed by atoms with Gasteiger partial charge in [0, 0.05) is 42.3 Å². The highest BCUT2D eigenvalue weighted by atomic mass is 79.9. The highest BCUT2D eigenvalue weighted by molar-refractivity contribution is 9.10. The Bertz CT molecular complexity index is 1390. The van der Waals surface area contributed by atoms with Crippen molar-refractivity contribution in [3.05, 3.63) is 62.5 Å². The van der Waals surface area contributed by atoms with Crippen LogP contribution < -0.4 is 16.4 Å². The molecular formula is C24H24BrN5O6. The van der Waals surface area contributed by atoms with Crippen LogP contribution in [0.15, 0.2) is 50.1 Å². The Hall–Kier alpha value is -3.80. The number of anilines is 1. The molecule has 3 aromatic rings. The molecule has 1 saturated heterocycles. The standard InChI is InChI=1S/C24H24BrN5O6/c25-16-9-13(11-19-20(16)28-24(35)36-19)10-18(21(31)32)27-22(33)29-7-5-15(6-8-29)30-12-14-3-1-2-4-17(14)26-23(30)34/h1-4,9,11,15,18H,5-8,10,12H2,(H,26,34)(H,27,33)(H,28,35)(H,31,32)/t18-/m1/s1. The zero-order valence-electron chi connectivity index (χ0n) is 19.1. The van der Waals surface area contributed by atoms with E-state index in [0.717, 1.165) is 11.3 Å². The van der Waals surface area contributed by atoms with Crippen molar-refractivity contribution in [1.29, 1.82) is 0 Å². The summed E-state index contributed by atoms with van der Waals surface area (Å²) in [4.78, 5) is 54.8. The number of amides is 4. The Morgan fingerprint density at radius 1 is 1.19 bits per heavy atom. The maximum atomic E-state index is 12.9. The molecule has 36 heavy (non-hydrogen) atoms. The Morgan fingerprint density at radius 2 is 1.94 bits per heavy atom. The summed E-state index contributed by atoms with van der Waals surface area (Å²) in [6.07, 6.45) is 1.20. The van der Waals surface area contributed by atoms with Crippen molar-refractivity contribution in [2.45, 2.75) is 37.9 Å². The van der Waals surface area contributed by atoms with E-state index in [1.165, 1.54) is 0 Å². The van der Waals surface area contributed by atoms with Gasteiger partial charge in [0.1, 0.15) is 11.6 Å². The molecule has 1 aromatic heterocycles. The SMILES string of the molecule is O=C(O)[C@@H](Cc1cc(Br)c2[nH]c(=O)oc2c1)NC(=O)N1CCC(N2Cc3ccccc3NC2=O)CC1. The van der Waals surface area contributed by atoms with E-state index in [1.807, 2.05) is 24.3 Å². The fourth-order valence-corrected chi connectivity index (χ4v) is 5.34. The maximum Gasteiger partial charge on any atom is 0.417 e. The second-order valence-electron chi connectivity index (χ2n) is 8.94. The van der Waals surface area contributed by atoms with Gasteiger partial charge < -0.3 is 30.0 Å². The van der Waals surface area contributed by atoms with Crippen molar-refractivity contribution in [3.8, 4) is 0 Å². The smallest absolute Gasteiger partial charge is 0.417 e. The molecule has 3 heterocycles. The van der Waals surface area contributed by atoms with Gasteiger partial charge in [0.25, 0.3) is 0 Å². The Morgan fingerprint density at radius 3 is 2.69 bits per heavy atom. The number of benzene rings is 2. The third-order valence-electron chi connectivity index (χ3n) is 6.63. The lowest BCUT2D eigenvalue weighted by molar-refractivity contribution is -0.139. The van der Waals surface area contributed by atoms with Gasteiger partial charge in [0.15, 0.2) is 5.58 Å². The molecule has 12 heteroatoms. The molecule has 0 saturated carbocycles. The minimum absolute atomic E-state index is 0.00826. The van der Waals surface area contributed by atoms with Crippen LogP contribution >= 0.6 is 15.9 Å². The molecule has 11 nitrogen and oxygen atoms in total. The molecule has 1 fully saturated rings. The monoisotopic (exact) mass is 557 g/mol. The summed E-state index contributed by atoms with van der Waals surface area (Å²) in [5.74, 6) is -1.78. The number of hydrogen-bond acceptors (Lipinski definition) is 5. The number of halogens is 1. The number of carbonyl (C=O) groups excluding carboxylic acids is 2. The van der Waals surface area contributed by atoms with Gasteiger partial charge in [0.05, 0.1) is 0 Å². The molecule has 0 unspecified atom stereocenters. The normalized spacial score (nSPS) is 17.0. The van der Waals surface area contributed by atoms with E-state index in [0.29, 0.717) is 53.6 Å². The lowest BCUT2D eigenvalue weighted by atomic mass is 10.0. The molecule has 2 aromatic carbocycles. The minimum atomic E-state index is -1.17. The predicted molar refractivity (Wildman–Crippen MR) is 134 cm³/mol. The van der Waals surface area contributed by atoms with Crippen LogP contribution in [0, 0.1) is 0 Å². The molecule has 1 atom stereocenters. The zero-order chi connectivity index (χ0) is 25.4. The second-order valence-corrected chi connectivity index (χ2v) is 9.80. The number of fused-ring (bicyclic) bond motifs is 2. The number of H-pyrrole nitrogens is 1. The summed E-state index contributed by atoms with van der Waals surface area (Å²) in [6.45, 7) is 1.32. The van der Waals surface area contributed by atoms with Gasteiger partial charge in [-0.1, -0.05) is 18.2 Å². The van der Waals surface area contributed by atoms with E-state index < -0.39 is 23.8 Å². The molecule has 5 rings (SSSR count). The number of oxazole rings is 1. The molecule has 188 valence electrons. The average Bonchev–Trinajstić information content (AvgIpc) is 3.24. The molecule has 0 spiro atoms. The summed E-state index contributed by atoms with van der Waals surface area (Å²) in [5, 5.41) is 15.2. The van der Waals surface area contributed by atoms with E-state index in [9.17, 15) is 24.3 Å². The molecule has 0 aliphatic carbocycles. The quantitative estimate of drug-likeness (QED) is 0.378. The third-order valence-corrected chi connectivity index (χ3v) is 7.26. The summed E-state index contributed by atoms with van der Waals surface area (Å²) in [5.41, 5.74) is 3.23. The number of nitrogens with one attached hydrogen (secondary N) is 3. The lowest BCUT2D eigenvalue weighted by Crippen LogP contribution is -2.54. The van der Waals surface area contributed by atoms with Gasteiger partial charge in [0.2, 0.25) is 0 Å². The zero-order valence-corrected chi connectivity index (χ0v) is 20.7. The predicted octanol–water partition coefficient (Wildman–Crippen LogP) is 3.10. The first-order valence-corrected chi connectivity index (χ1v) is 12.3. The number of likely N-dealkylation sites (tertiary alicyclic amines) is 1. The number of carboxylic acids is 1. The highest BCUT2D eigenvalue weighted by Gasteiger charge is 2.33. The van der Waals surface area contributed by atoms with E-state index in [4.69, 9.17) is 4.42 Å². The van der Waals surface area contributed by atoms with Crippen LogP contribution in [0.4, 0.5) is 15.3 Å². The van der Waals surface area contributed by atoms with Crippen molar-refractivity contribution in [3.63, 3.8) is 0 Å². The van der Waals surface area contributed by atoms with E-state index in [-0.39, 0.29) is 18.5 Å². The number of aliphatic carboxylic acids is 1. The number of rotatable bonds is 5. The van der Waals surface area contributed by atoms with Crippen molar-refractivity contribution in [2.75, 3.05) is 18.4 Å². The first-order valence-electron chi connectivity index (χ1n) is 11.5. The fraction of sp³-hybridized carbons (Fsp3) is 0.333. The van der Waals surface area contributed by atoms with E-state index in [1.54, 1.807) is 21.9 Å². The average molecular weight is 558 g/mol. The van der Waals surface area contributed by atoms with Crippen molar-refractivity contribution < 1.29 is 23.9 Å². The maximum absolute atomic E-state index is 12.9. The summed E-state index contributed by atoms with van der Waals surface area (Å²) < 4.78 is 5.64. The van der Waals surface area contributed by atoms with Crippen molar-refractivity contribution >= 4 is 50.7 Å². The lowest BCUT2D eigenvalue weighted by Gasteiger charge is -2.40. The van der Waals surface area contributed by atoms with Crippen molar-refractivity contribution in [1.82, 2.24) is 20.1 Å². The van der Waals surface area contributed by atoms with Gasteiger partial charge in [-0.25, -0.2) is 19.2 Å². The first-order chi connectivity index (χ1) is 17.3. The molecule has 2 aliphatic heterocycles. The van der Waals surface area contributed by atoms with Gasteiger partial charge in [-0.05, 0) is 58.1 Å². The van der Waals surface area contributed by atoms with Crippen LogP contribution in [0.25, 0.3) is 11.1 Å². The van der Waals surface area contributed by atoms with Gasteiger partial charge in [-0.3, -0.25) is 4.98 Å². The largest absolute Gasteiger partial charge is 0.480 e. The van der Waals surface area contributed by atoms with Crippen LogP contribution in [-0.2, 0) is 17.8 Å². The summed E-state index contributed by atoms with van der Waals surface area (Å²) in [6, 6.07) is 9.13. The Balaban J connectivity index is 1.20. The number of aromatic nitrogens is 1.